The summed E-state index contributed by atoms with van der Waals surface area (Å²) in [5.41, 5.74) is 1.45. The van der Waals surface area contributed by atoms with Crippen molar-refractivity contribution < 1.29 is 27.2 Å². The maximum absolute atomic E-state index is 13.1. The van der Waals surface area contributed by atoms with Crippen molar-refractivity contribution in [2.45, 2.75) is 4.90 Å². The minimum atomic E-state index is -4.01. The maximum Gasteiger partial charge on any atom is 0.327 e. The number of rotatable bonds is 8. The van der Waals surface area contributed by atoms with Crippen molar-refractivity contribution in [1.82, 2.24) is 15.5 Å². The number of nitrogens with zero attached hydrogens (tertiary/aromatic N) is 3. The smallest absolute Gasteiger partial charge is 0.327 e. The summed E-state index contributed by atoms with van der Waals surface area (Å²) in [6.07, 6.45) is 2.34. The van der Waals surface area contributed by atoms with Gasteiger partial charge in [-0.2, -0.15) is 0 Å². The normalized spacial score (nSPS) is 11.1. The lowest BCUT2D eigenvalue weighted by atomic mass is 10.0. The number of carbonyl (C=O) groups is 1. The van der Waals surface area contributed by atoms with Gasteiger partial charge in [0.05, 0.1) is 24.9 Å². The van der Waals surface area contributed by atoms with Crippen LogP contribution in [-0.4, -0.2) is 45.9 Å². The van der Waals surface area contributed by atoms with Gasteiger partial charge in [-0.15, -0.1) is 0 Å². The molecule has 0 aliphatic heterocycles. The van der Waals surface area contributed by atoms with Crippen LogP contribution in [0, 0.1) is 0 Å². The number of pyridine rings is 1. The highest BCUT2D eigenvalue weighted by atomic mass is 35.5. The first-order chi connectivity index (χ1) is 18.2. The SMILES string of the molecule is CNC(=O)N(c1ccc(S(=O)(=O)Nc2ccon2)cn1)c1cc(-c2cc(Cl)cc(OC)c2)c(Cl)cc1OC. The van der Waals surface area contributed by atoms with E-state index in [4.69, 9.17) is 32.7 Å². The molecular weight excluding hydrogens is 557 g/mol. The summed E-state index contributed by atoms with van der Waals surface area (Å²) in [5, 5.41) is 6.85. The molecule has 0 bridgehead atoms. The molecule has 0 fully saturated rings. The number of aromatic nitrogens is 2. The number of sulfonamides is 1. The van der Waals surface area contributed by atoms with Crippen LogP contribution in [0.15, 0.2) is 70.4 Å². The molecule has 0 radical (unpaired) electrons. The fourth-order valence-corrected chi connectivity index (χ4v) is 4.94. The monoisotopic (exact) mass is 577 g/mol. The zero-order valence-electron chi connectivity index (χ0n) is 20.2. The molecule has 2 amide bonds. The average molecular weight is 578 g/mol. The van der Waals surface area contributed by atoms with Gasteiger partial charge in [-0.05, 0) is 42.0 Å². The highest BCUT2D eigenvalue weighted by molar-refractivity contribution is 7.92. The van der Waals surface area contributed by atoms with Crippen molar-refractivity contribution in [1.29, 1.82) is 0 Å². The number of methoxy groups -OCH3 is 2. The Morgan fingerprint density at radius 1 is 1.05 bits per heavy atom. The van der Waals surface area contributed by atoms with E-state index < -0.39 is 16.1 Å². The van der Waals surface area contributed by atoms with E-state index >= 15 is 0 Å². The van der Waals surface area contributed by atoms with E-state index in [9.17, 15) is 13.2 Å². The van der Waals surface area contributed by atoms with Crippen LogP contribution in [0.5, 0.6) is 11.5 Å². The highest BCUT2D eigenvalue weighted by Gasteiger charge is 2.25. The number of halogens is 2. The Morgan fingerprint density at radius 3 is 2.45 bits per heavy atom. The molecule has 2 aromatic carbocycles. The van der Waals surface area contributed by atoms with Crippen molar-refractivity contribution >= 4 is 56.6 Å². The number of benzene rings is 2. The van der Waals surface area contributed by atoms with Gasteiger partial charge in [0.25, 0.3) is 10.0 Å². The first-order valence-corrected chi connectivity index (χ1v) is 13.0. The van der Waals surface area contributed by atoms with Crippen LogP contribution in [-0.2, 0) is 10.0 Å². The van der Waals surface area contributed by atoms with E-state index in [1.165, 1.54) is 50.6 Å². The van der Waals surface area contributed by atoms with E-state index in [-0.39, 0.29) is 28.0 Å². The summed E-state index contributed by atoms with van der Waals surface area (Å²) in [7, 11) is 0.380. The van der Waals surface area contributed by atoms with Gasteiger partial charge < -0.3 is 19.3 Å². The van der Waals surface area contributed by atoms with Crippen molar-refractivity contribution in [2.75, 3.05) is 30.9 Å². The molecule has 2 heterocycles. The minimum Gasteiger partial charge on any atom is -0.497 e. The molecule has 4 rings (SSSR count). The van der Waals surface area contributed by atoms with E-state index in [1.807, 2.05) is 0 Å². The fraction of sp³-hybridized carbons (Fsp3) is 0.125. The van der Waals surface area contributed by atoms with E-state index in [2.05, 4.69) is 24.7 Å². The summed E-state index contributed by atoms with van der Waals surface area (Å²) < 4.78 is 43.1. The Kier molecular flexibility index (Phi) is 7.95. The number of amides is 2. The number of ether oxygens (including phenoxy) is 2. The van der Waals surface area contributed by atoms with E-state index in [0.717, 1.165) is 6.20 Å². The van der Waals surface area contributed by atoms with Gasteiger partial charge in [-0.3, -0.25) is 4.72 Å². The van der Waals surface area contributed by atoms with Crippen LogP contribution in [0.3, 0.4) is 0 Å². The number of carbonyl (C=O) groups excluding carboxylic acids is 1. The molecule has 2 N–H and O–H groups in total. The first kappa shape index (κ1) is 27.0. The largest absolute Gasteiger partial charge is 0.497 e. The van der Waals surface area contributed by atoms with Gasteiger partial charge in [0.1, 0.15) is 28.5 Å². The third-order valence-electron chi connectivity index (χ3n) is 5.28. The van der Waals surface area contributed by atoms with Crippen molar-refractivity contribution in [3.05, 3.63) is 71.0 Å². The van der Waals surface area contributed by atoms with E-state index in [1.54, 1.807) is 30.3 Å². The van der Waals surface area contributed by atoms with E-state index in [0.29, 0.717) is 26.9 Å². The number of hydrogen-bond acceptors (Lipinski definition) is 8. The van der Waals surface area contributed by atoms with Gasteiger partial charge in [-0.1, -0.05) is 28.4 Å². The molecule has 0 saturated carbocycles. The van der Waals surface area contributed by atoms with Crippen LogP contribution in [0.1, 0.15) is 0 Å². The average Bonchev–Trinajstić information content (AvgIpc) is 3.41. The van der Waals surface area contributed by atoms with Crippen LogP contribution in [0.2, 0.25) is 10.0 Å². The number of hydrogen-bond donors (Lipinski definition) is 2. The van der Waals surface area contributed by atoms with Crippen LogP contribution in [0.25, 0.3) is 11.1 Å². The Labute approximate surface area is 228 Å². The summed E-state index contributed by atoms with van der Waals surface area (Å²) in [4.78, 5) is 18.4. The second kappa shape index (κ2) is 11.2. The summed E-state index contributed by atoms with van der Waals surface area (Å²) in [6, 6.07) is 11.7. The highest BCUT2D eigenvalue weighted by Crippen LogP contribution is 2.42. The standard InChI is InChI=1S/C24H21Cl2N5O6S/c1-27-24(32)31(23-5-4-17(13-28-23)38(33,34)30-22-6-7-37-29-22)20-11-18(19(26)12-21(20)36-3)14-8-15(25)10-16(9-14)35-2/h4-13H,1-3H3,(H,27,32)(H,29,30). The van der Waals surface area contributed by atoms with Crippen LogP contribution < -0.4 is 24.4 Å². The number of urea groups is 1. The summed E-state index contributed by atoms with van der Waals surface area (Å²) >= 11 is 12.8. The predicted molar refractivity (Wildman–Crippen MR) is 143 cm³/mol. The van der Waals surface area contributed by atoms with Crippen molar-refractivity contribution in [2.24, 2.45) is 0 Å². The molecule has 0 aliphatic rings. The molecule has 2 aromatic heterocycles. The quantitative estimate of drug-likeness (QED) is 0.286. The third kappa shape index (κ3) is 5.62. The lowest BCUT2D eigenvalue weighted by Crippen LogP contribution is -2.35. The molecular formula is C24H21Cl2N5O6S. The van der Waals surface area contributed by atoms with Crippen LogP contribution in [0.4, 0.5) is 22.1 Å². The molecule has 0 atom stereocenters. The second-order valence-electron chi connectivity index (χ2n) is 7.62. The Balaban J connectivity index is 1.80. The maximum atomic E-state index is 13.1. The molecule has 0 spiro atoms. The molecule has 0 saturated heterocycles. The van der Waals surface area contributed by atoms with Gasteiger partial charge >= 0.3 is 6.03 Å². The summed E-state index contributed by atoms with van der Waals surface area (Å²) in [5.74, 6) is 0.904. The lowest BCUT2D eigenvalue weighted by molar-refractivity contribution is 0.250. The Hall–Kier alpha value is -4.00. The van der Waals surface area contributed by atoms with Gasteiger partial charge in [0, 0.05) is 36.0 Å². The molecule has 14 heteroatoms. The second-order valence-corrected chi connectivity index (χ2v) is 10.1. The van der Waals surface area contributed by atoms with Crippen molar-refractivity contribution in [3.63, 3.8) is 0 Å². The van der Waals surface area contributed by atoms with Crippen molar-refractivity contribution in [3.8, 4) is 22.6 Å². The fourth-order valence-electron chi connectivity index (χ4n) is 3.51. The minimum absolute atomic E-state index is 0.0112. The molecule has 4 aromatic rings. The Morgan fingerprint density at radius 2 is 1.84 bits per heavy atom. The number of anilines is 3. The molecule has 198 valence electrons. The van der Waals surface area contributed by atoms with Gasteiger partial charge in [-0.25, -0.2) is 23.1 Å². The number of nitrogens with one attached hydrogen (secondary N) is 2. The predicted octanol–water partition coefficient (Wildman–Crippen LogP) is 5.34. The summed E-state index contributed by atoms with van der Waals surface area (Å²) in [6.45, 7) is 0. The molecule has 38 heavy (non-hydrogen) atoms. The first-order valence-electron chi connectivity index (χ1n) is 10.8. The zero-order chi connectivity index (χ0) is 27.4. The molecule has 0 aliphatic carbocycles. The zero-order valence-corrected chi connectivity index (χ0v) is 22.6. The van der Waals surface area contributed by atoms with Crippen LogP contribution >= 0.6 is 23.2 Å². The van der Waals surface area contributed by atoms with Gasteiger partial charge in [0.15, 0.2) is 5.82 Å². The lowest BCUT2D eigenvalue weighted by Gasteiger charge is -2.24. The Bertz CT molecular complexity index is 1560. The molecule has 0 unspecified atom stereocenters. The topological polar surface area (TPSA) is 136 Å². The third-order valence-corrected chi connectivity index (χ3v) is 7.15. The van der Waals surface area contributed by atoms with Gasteiger partial charge in [0.2, 0.25) is 0 Å². The molecule has 11 nitrogen and oxygen atoms in total.